The summed E-state index contributed by atoms with van der Waals surface area (Å²) in [5.41, 5.74) is 1.71. The lowest BCUT2D eigenvalue weighted by molar-refractivity contribution is -0.148. The Hall–Kier alpha value is -3.33. The first-order chi connectivity index (χ1) is 19.8. The van der Waals surface area contributed by atoms with E-state index in [2.05, 4.69) is 5.32 Å². The number of amides is 1. The van der Waals surface area contributed by atoms with Gasteiger partial charge in [-0.1, -0.05) is 56.3 Å². The van der Waals surface area contributed by atoms with Gasteiger partial charge in [-0.2, -0.15) is 11.8 Å². The molecule has 9 heteroatoms. The zero-order valence-corrected chi connectivity index (χ0v) is 25.0. The molecule has 4 rings (SSSR count). The summed E-state index contributed by atoms with van der Waals surface area (Å²) in [5, 5.41) is 2.90. The Morgan fingerprint density at radius 1 is 1.02 bits per heavy atom. The van der Waals surface area contributed by atoms with Gasteiger partial charge < -0.3 is 19.5 Å². The molecule has 1 N–H and O–H groups in total. The normalized spacial score (nSPS) is 21.1. The maximum absolute atomic E-state index is 13.6. The van der Waals surface area contributed by atoms with Crippen molar-refractivity contribution in [1.82, 2.24) is 5.32 Å². The summed E-state index contributed by atoms with van der Waals surface area (Å²) in [6.45, 7) is 4.37. The number of ketones is 1. The Labute approximate surface area is 246 Å². The van der Waals surface area contributed by atoms with E-state index in [1.807, 2.05) is 68.4 Å². The largest absolute Gasteiger partial charge is 0.494 e. The van der Waals surface area contributed by atoms with E-state index in [-0.39, 0.29) is 37.6 Å². The fourth-order valence-electron chi connectivity index (χ4n) is 4.62. The predicted octanol–water partition coefficient (Wildman–Crippen LogP) is 4.77. The molecule has 41 heavy (non-hydrogen) atoms. The number of hydrogen-bond acceptors (Lipinski definition) is 8. The number of carbonyl (C=O) groups is 4. The monoisotopic (exact) mass is 583 g/mol. The molecular formula is C32H41NO7S. The first-order valence-corrected chi connectivity index (χ1v) is 15.3. The van der Waals surface area contributed by atoms with Crippen molar-refractivity contribution in [3.63, 3.8) is 0 Å². The lowest BCUT2D eigenvalue weighted by Crippen LogP contribution is -2.48. The van der Waals surface area contributed by atoms with Gasteiger partial charge in [0, 0.05) is 12.2 Å². The molecule has 0 fully saturated rings. The van der Waals surface area contributed by atoms with Crippen LogP contribution in [0.2, 0.25) is 0 Å². The number of fused-ring (bicyclic) bond motifs is 16. The number of ether oxygens (including phenoxy) is 3. The number of esters is 2. The van der Waals surface area contributed by atoms with Crippen LogP contribution in [0.1, 0.15) is 50.7 Å². The minimum atomic E-state index is -0.805. The van der Waals surface area contributed by atoms with Crippen LogP contribution < -0.4 is 10.1 Å². The van der Waals surface area contributed by atoms with Crippen molar-refractivity contribution in [2.24, 2.45) is 17.8 Å². The molecule has 0 radical (unpaired) electrons. The Kier molecular flexibility index (Phi) is 13.2. The third-order valence-electron chi connectivity index (χ3n) is 7.00. The molecule has 2 aliphatic rings. The standard InChI is InChI=1S/C32H41NO7S/c1-22(2)30-28(34)18-26(32(37)38-3)21-41-16-8-7-15-39-27-13-11-23(12-14-27)17-25(31(36)33-30)19-29(35)40-20-24-9-5-4-6-10-24/h4-6,9-14,22,25-26,30H,7-8,15-21H2,1-3H3,(H,33,36)/t25-,26+,30+/m1/s1. The van der Waals surface area contributed by atoms with Gasteiger partial charge in [0.25, 0.3) is 0 Å². The van der Waals surface area contributed by atoms with Crippen LogP contribution in [-0.2, 0) is 41.7 Å². The van der Waals surface area contributed by atoms with Gasteiger partial charge >= 0.3 is 11.9 Å². The van der Waals surface area contributed by atoms with Crippen molar-refractivity contribution in [3.8, 4) is 5.75 Å². The van der Waals surface area contributed by atoms with Gasteiger partial charge in [0.2, 0.25) is 5.91 Å². The van der Waals surface area contributed by atoms with Gasteiger partial charge in [-0.3, -0.25) is 19.2 Å². The first kappa shape index (κ1) is 32.2. The smallest absolute Gasteiger partial charge is 0.309 e. The highest BCUT2D eigenvalue weighted by Crippen LogP contribution is 2.22. The number of nitrogens with one attached hydrogen (secondary N) is 1. The summed E-state index contributed by atoms with van der Waals surface area (Å²) in [6, 6.07) is 16.0. The van der Waals surface area contributed by atoms with Crippen LogP contribution in [0.3, 0.4) is 0 Å². The first-order valence-electron chi connectivity index (χ1n) is 14.2. The maximum atomic E-state index is 13.6. The Balaban J connectivity index is 1.81. The third kappa shape index (κ3) is 10.9. The molecule has 2 aromatic rings. The average Bonchev–Trinajstić information content (AvgIpc) is 2.97. The van der Waals surface area contributed by atoms with E-state index < -0.39 is 35.7 Å². The van der Waals surface area contributed by atoms with Crippen LogP contribution in [-0.4, -0.2) is 54.9 Å². The number of thioether (sulfide) groups is 1. The van der Waals surface area contributed by atoms with Crippen LogP contribution in [0.25, 0.3) is 0 Å². The fourth-order valence-corrected chi connectivity index (χ4v) is 5.73. The van der Waals surface area contributed by atoms with Crippen molar-refractivity contribution in [2.75, 3.05) is 25.2 Å². The second-order valence-electron chi connectivity index (χ2n) is 10.6. The second kappa shape index (κ2) is 16.8. The summed E-state index contributed by atoms with van der Waals surface area (Å²) in [4.78, 5) is 52.3. The summed E-state index contributed by atoms with van der Waals surface area (Å²) < 4.78 is 16.3. The molecule has 0 aromatic heterocycles. The average molecular weight is 584 g/mol. The van der Waals surface area contributed by atoms with Crippen LogP contribution in [0.4, 0.5) is 0 Å². The molecule has 8 nitrogen and oxygen atoms in total. The van der Waals surface area contributed by atoms with E-state index in [1.54, 1.807) is 11.8 Å². The summed E-state index contributed by atoms with van der Waals surface area (Å²) in [6.07, 6.45) is 1.89. The molecule has 0 unspecified atom stereocenters. The van der Waals surface area contributed by atoms with Gasteiger partial charge in [0.1, 0.15) is 12.4 Å². The number of Topliss-reactive ketones (excluding diaryl/α,β-unsaturated/α-hetero) is 1. The number of methoxy groups -OCH3 is 1. The van der Waals surface area contributed by atoms with Gasteiger partial charge in [-0.15, -0.1) is 0 Å². The van der Waals surface area contributed by atoms with Crippen molar-refractivity contribution in [3.05, 3.63) is 65.7 Å². The van der Waals surface area contributed by atoms with E-state index in [4.69, 9.17) is 14.2 Å². The highest BCUT2D eigenvalue weighted by atomic mass is 32.2. The van der Waals surface area contributed by atoms with E-state index in [9.17, 15) is 19.2 Å². The van der Waals surface area contributed by atoms with Gasteiger partial charge in [-0.25, -0.2) is 0 Å². The molecule has 0 aliphatic carbocycles. The lowest BCUT2D eigenvalue weighted by atomic mass is 9.90. The highest BCUT2D eigenvalue weighted by molar-refractivity contribution is 7.99. The zero-order valence-electron chi connectivity index (χ0n) is 24.1. The van der Waals surface area contributed by atoms with Crippen LogP contribution in [0, 0.1) is 17.8 Å². The SMILES string of the molecule is COC(=O)[C@@H]1CSCCCCOc2ccc(cc2)C[C@H](CC(=O)OCc2ccccc2)C(=O)N[C@@H](C(C)C)C(=O)C1. The molecular weight excluding hydrogens is 542 g/mol. The Morgan fingerprint density at radius 3 is 2.44 bits per heavy atom. The van der Waals surface area contributed by atoms with Crippen LogP contribution in [0.15, 0.2) is 54.6 Å². The van der Waals surface area contributed by atoms with Gasteiger partial charge in [-0.05, 0) is 54.2 Å². The topological polar surface area (TPSA) is 108 Å². The second-order valence-corrected chi connectivity index (χ2v) is 11.8. The zero-order chi connectivity index (χ0) is 29.6. The summed E-state index contributed by atoms with van der Waals surface area (Å²) in [7, 11) is 1.32. The minimum absolute atomic E-state index is 0.0309. The molecule has 222 valence electrons. The van der Waals surface area contributed by atoms with Crippen molar-refractivity contribution >= 4 is 35.4 Å². The number of carbonyl (C=O) groups excluding carboxylic acids is 4. The molecule has 2 aliphatic heterocycles. The molecule has 2 heterocycles. The molecule has 1 amide bonds. The predicted molar refractivity (Wildman–Crippen MR) is 158 cm³/mol. The molecule has 2 aromatic carbocycles. The van der Waals surface area contributed by atoms with Crippen molar-refractivity contribution < 1.29 is 33.4 Å². The molecule has 2 bridgehead atoms. The summed E-state index contributed by atoms with van der Waals surface area (Å²) in [5.74, 6) is -1.13. The molecule has 0 saturated carbocycles. The van der Waals surface area contributed by atoms with Crippen LogP contribution in [0.5, 0.6) is 5.75 Å². The van der Waals surface area contributed by atoms with E-state index >= 15 is 0 Å². The van der Waals surface area contributed by atoms with E-state index in [0.29, 0.717) is 12.4 Å². The maximum Gasteiger partial charge on any atom is 0.309 e. The van der Waals surface area contributed by atoms with Crippen molar-refractivity contribution in [2.45, 2.75) is 58.6 Å². The lowest BCUT2D eigenvalue weighted by Gasteiger charge is -2.26. The quantitative estimate of drug-likeness (QED) is 0.485. The molecule has 0 saturated heterocycles. The summed E-state index contributed by atoms with van der Waals surface area (Å²) >= 11 is 1.60. The minimum Gasteiger partial charge on any atom is -0.494 e. The number of rotatable bonds is 6. The Bertz CT molecular complexity index is 1140. The molecule has 3 atom stereocenters. The Morgan fingerprint density at radius 2 is 1.76 bits per heavy atom. The van der Waals surface area contributed by atoms with E-state index in [0.717, 1.165) is 35.5 Å². The van der Waals surface area contributed by atoms with E-state index in [1.165, 1.54) is 7.11 Å². The fraction of sp³-hybridized carbons (Fsp3) is 0.500. The third-order valence-corrected chi connectivity index (χ3v) is 8.21. The number of hydrogen-bond donors (Lipinski definition) is 1. The van der Waals surface area contributed by atoms with Gasteiger partial charge in [0.05, 0.1) is 38.0 Å². The van der Waals surface area contributed by atoms with Crippen LogP contribution >= 0.6 is 11.8 Å². The highest BCUT2D eigenvalue weighted by Gasteiger charge is 2.32. The van der Waals surface area contributed by atoms with Gasteiger partial charge in [0.15, 0.2) is 5.78 Å². The van der Waals surface area contributed by atoms with Crippen molar-refractivity contribution in [1.29, 1.82) is 0 Å². The molecule has 0 spiro atoms. The number of benzene rings is 2.